The van der Waals surface area contributed by atoms with Gasteiger partial charge >= 0.3 is 0 Å². The molecule has 7 heteroatoms. The zero-order valence-electron chi connectivity index (χ0n) is 14.7. The lowest BCUT2D eigenvalue weighted by Crippen LogP contribution is -2.06. The summed E-state index contributed by atoms with van der Waals surface area (Å²) in [6.07, 6.45) is 10.7. The van der Waals surface area contributed by atoms with Gasteiger partial charge in [0, 0.05) is 37.2 Å². The van der Waals surface area contributed by atoms with Gasteiger partial charge in [-0.1, -0.05) is 31.3 Å². The van der Waals surface area contributed by atoms with Crippen LogP contribution in [0.15, 0.2) is 33.5 Å². The summed E-state index contributed by atoms with van der Waals surface area (Å²) in [6.45, 7) is 3.80. The molecule has 1 aliphatic carbocycles. The molecule has 0 aliphatic heterocycles. The van der Waals surface area contributed by atoms with Crippen LogP contribution in [-0.4, -0.2) is 25.3 Å². The Hall–Kier alpha value is -2.57. The summed E-state index contributed by atoms with van der Waals surface area (Å²) in [4.78, 5) is 8.26. The molecule has 0 atom stereocenters. The largest absolute Gasteiger partial charge is 0.421 e. The number of aromatic nitrogens is 5. The van der Waals surface area contributed by atoms with Crippen LogP contribution in [-0.2, 0) is 6.42 Å². The summed E-state index contributed by atoms with van der Waals surface area (Å²) in [7, 11) is 0. The maximum atomic E-state index is 5.22. The van der Waals surface area contributed by atoms with E-state index in [1.165, 1.54) is 32.1 Å². The van der Waals surface area contributed by atoms with Crippen molar-refractivity contribution in [1.29, 1.82) is 0 Å². The van der Waals surface area contributed by atoms with Crippen LogP contribution in [0.1, 0.15) is 62.6 Å². The fourth-order valence-corrected chi connectivity index (χ4v) is 2.85. The lowest BCUT2D eigenvalue weighted by Gasteiger charge is -2.17. The van der Waals surface area contributed by atoms with Gasteiger partial charge in [-0.3, -0.25) is 4.98 Å². The minimum atomic E-state index is 0.537. The highest BCUT2D eigenvalue weighted by Crippen LogP contribution is 2.30. The lowest BCUT2D eigenvalue weighted by atomic mass is 9.89. The molecule has 1 saturated carbocycles. The summed E-state index contributed by atoms with van der Waals surface area (Å²) in [5.41, 5.74) is 0.894. The van der Waals surface area contributed by atoms with Gasteiger partial charge in [-0.2, -0.15) is 4.98 Å². The molecule has 25 heavy (non-hydrogen) atoms. The first kappa shape index (κ1) is 17.3. The van der Waals surface area contributed by atoms with Crippen molar-refractivity contribution in [3.05, 3.63) is 42.1 Å². The minimum absolute atomic E-state index is 0.537. The predicted molar refractivity (Wildman–Crippen MR) is 91.8 cm³/mol. The molecule has 0 bridgehead atoms. The average molecular weight is 341 g/mol. The van der Waals surface area contributed by atoms with Crippen LogP contribution in [0.2, 0.25) is 0 Å². The highest BCUT2D eigenvalue weighted by molar-refractivity contribution is 5.50. The number of hydrogen-bond donors (Lipinski definition) is 0. The average Bonchev–Trinajstić information content (AvgIpc) is 3.33. The Bertz CT molecular complexity index is 763. The van der Waals surface area contributed by atoms with Gasteiger partial charge in [0.2, 0.25) is 17.7 Å². The third-order valence-electron chi connectivity index (χ3n) is 4.21. The van der Waals surface area contributed by atoms with Crippen molar-refractivity contribution in [2.24, 2.45) is 0 Å². The Morgan fingerprint density at radius 3 is 2.44 bits per heavy atom. The van der Waals surface area contributed by atoms with E-state index in [0.717, 1.165) is 23.7 Å². The molecule has 1 aliphatic rings. The zero-order valence-corrected chi connectivity index (χ0v) is 14.7. The molecule has 3 aromatic heterocycles. The summed E-state index contributed by atoms with van der Waals surface area (Å²) < 4.78 is 10.3. The van der Waals surface area contributed by atoms with E-state index < -0.39 is 0 Å². The van der Waals surface area contributed by atoms with E-state index in [0.29, 0.717) is 17.7 Å². The SMILES string of the molecule is CCc1nc(C2CCCCC2)no1.Cc1nnc(-c2ccncc2)o1. The van der Waals surface area contributed by atoms with E-state index in [4.69, 9.17) is 8.94 Å². The molecule has 0 saturated heterocycles. The maximum Gasteiger partial charge on any atom is 0.247 e. The first-order valence-electron chi connectivity index (χ1n) is 8.79. The van der Waals surface area contributed by atoms with E-state index in [1.54, 1.807) is 19.3 Å². The summed E-state index contributed by atoms with van der Waals surface area (Å²) in [5.74, 6) is 3.40. The normalized spacial score (nSPS) is 14.8. The van der Waals surface area contributed by atoms with Crippen molar-refractivity contribution in [1.82, 2.24) is 25.3 Å². The fraction of sp³-hybridized carbons (Fsp3) is 0.500. The highest BCUT2D eigenvalue weighted by atomic mass is 16.5. The van der Waals surface area contributed by atoms with Gasteiger partial charge in [0.15, 0.2) is 5.82 Å². The van der Waals surface area contributed by atoms with Gasteiger partial charge < -0.3 is 8.94 Å². The van der Waals surface area contributed by atoms with Crippen LogP contribution in [0.4, 0.5) is 0 Å². The van der Waals surface area contributed by atoms with Gasteiger partial charge in [0.25, 0.3) is 0 Å². The molecule has 3 heterocycles. The fourth-order valence-electron chi connectivity index (χ4n) is 2.85. The Morgan fingerprint density at radius 1 is 1.08 bits per heavy atom. The van der Waals surface area contributed by atoms with Gasteiger partial charge in [0.05, 0.1) is 0 Å². The van der Waals surface area contributed by atoms with Crippen molar-refractivity contribution in [2.45, 2.75) is 58.3 Å². The second kappa shape index (κ2) is 8.50. The molecule has 0 amide bonds. The second-order valence-corrected chi connectivity index (χ2v) is 6.10. The molecule has 0 unspecified atom stereocenters. The molecule has 3 aromatic rings. The molecule has 132 valence electrons. The quantitative estimate of drug-likeness (QED) is 0.707. The number of hydrogen-bond acceptors (Lipinski definition) is 7. The molecule has 1 fully saturated rings. The van der Waals surface area contributed by atoms with Crippen LogP contribution in [0.25, 0.3) is 11.5 Å². The first-order valence-corrected chi connectivity index (χ1v) is 8.79. The molecule has 0 radical (unpaired) electrons. The van der Waals surface area contributed by atoms with Crippen LogP contribution in [0.3, 0.4) is 0 Å². The van der Waals surface area contributed by atoms with E-state index in [9.17, 15) is 0 Å². The van der Waals surface area contributed by atoms with E-state index in [2.05, 4.69) is 25.3 Å². The lowest BCUT2D eigenvalue weighted by molar-refractivity contribution is 0.360. The third-order valence-corrected chi connectivity index (χ3v) is 4.21. The number of nitrogens with zero attached hydrogens (tertiary/aromatic N) is 5. The first-order chi connectivity index (χ1) is 12.3. The standard InChI is InChI=1S/C10H16N2O.C8H7N3O/c1-2-9-11-10(12-13-9)8-6-4-3-5-7-8;1-6-10-11-8(12-6)7-2-4-9-5-3-7/h8H,2-7H2,1H3;2-5H,1H3. The van der Waals surface area contributed by atoms with Gasteiger partial charge in [0.1, 0.15) is 0 Å². The minimum Gasteiger partial charge on any atom is -0.421 e. The number of rotatable bonds is 3. The van der Waals surface area contributed by atoms with Gasteiger partial charge in [-0.25, -0.2) is 0 Å². The second-order valence-electron chi connectivity index (χ2n) is 6.10. The van der Waals surface area contributed by atoms with Crippen molar-refractivity contribution in [3.63, 3.8) is 0 Å². The summed E-state index contributed by atoms with van der Waals surface area (Å²) in [5, 5.41) is 11.6. The van der Waals surface area contributed by atoms with Gasteiger partial charge in [-0.05, 0) is 25.0 Å². The Kier molecular flexibility index (Phi) is 5.87. The summed E-state index contributed by atoms with van der Waals surface area (Å²) in [6, 6.07) is 3.65. The topological polar surface area (TPSA) is 90.7 Å². The van der Waals surface area contributed by atoms with Crippen molar-refractivity contribution in [2.75, 3.05) is 0 Å². The third kappa shape index (κ3) is 4.71. The van der Waals surface area contributed by atoms with Crippen molar-refractivity contribution >= 4 is 0 Å². The zero-order chi connectivity index (χ0) is 17.5. The molecule has 0 N–H and O–H groups in total. The molecular weight excluding hydrogens is 318 g/mol. The monoisotopic (exact) mass is 341 g/mol. The molecule has 0 spiro atoms. The molecule has 4 rings (SSSR count). The van der Waals surface area contributed by atoms with Crippen LogP contribution >= 0.6 is 0 Å². The Labute approximate surface area is 146 Å². The Balaban J connectivity index is 0.000000146. The maximum absolute atomic E-state index is 5.22. The highest BCUT2D eigenvalue weighted by Gasteiger charge is 2.20. The van der Waals surface area contributed by atoms with Crippen molar-refractivity contribution < 1.29 is 8.94 Å². The van der Waals surface area contributed by atoms with Crippen LogP contribution in [0, 0.1) is 6.92 Å². The predicted octanol–water partition coefficient (Wildman–Crippen LogP) is 4.12. The van der Waals surface area contributed by atoms with Crippen LogP contribution in [0.5, 0.6) is 0 Å². The van der Waals surface area contributed by atoms with E-state index >= 15 is 0 Å². The molecular formula is C18H23N5O2. The molecule has 7 nitrogen and oxygen atoms in total. The summed E-state index contributed by atoms with van der Waals surface area (Å²) >= 11 is 0. The Morgan fingerprint density at radius 2 is 1.84 bits per heavy atom. The van der Waals surface area contributed by atoms with Crippen LogP contribution < -0.4 is 0 Å². The smallest absolute Gasteiger partial charge is 0.247 e. The van der Waals surface area contributed by atoms with E-state index in [1.807, 2.05) is 19.1 Å². The van der Waals surface area contributed by atoms with Gasteiger partial charge in [-0.15, -0.1) is 10.2 Å². The van der Waals surface area contributed by atoms with E-state index in [-0.39, 0.29) is 0 Å². The molecule has 0 aromatic carbocycles. The number of pyridine rings is 1. The van der Waals surface area contributed by atoms with Crippen molar-refractivity contribution in [3.8, 4) is 11.5 Å². The number of aryl methyl sites for hydroxylation is 2.